The molecule has 96 valence electrons. The fourth-order valence-corrected chi connectivity index (χ4v) is 2.99. The van der Waals surface area contributed by atoms with Crippen molar-refractivity contribution in [3.8, 4) is 0 Å². The molecule has 0 amide bonds. The molecule has 1 aromatic carbocycles. The van der Waals surface area contributed by atoms with Crippen molar-refractivity contribution in [1.82, 2.24) is 4.31 Å². The second kappa shape index (κ2) is 5.82. The fraction of sp³-hybridized carbons (Fsp3) is 0.455. The molecule has 6 heteroatoms. The lowest BCUT2D eigenvalue weighted by atomic mass is 10.3. The van der Waals surface area contributed by atoms with Crippen molar-refractivity contribution < 1.29 is 13.5 Å². The van der Waals surface area contributed by atoms with Crippen LogP contribution in [0.2, 0.25) is 5.02 Å². The van der Waals surface area contributed by atoms with E-state index in [0.29, 0.717) is 6.42 Å². The smallest absolute Gasteiger partial charge is 0.244 e. The van der Waals surface area contributed by atoms with Crippen LogP contribution in [0.1, 0.15) is 13.3 Å². The van der Waals surface area contributed by atoms with Gasteiger partial charge in [-0.05, 0) is 25.5 Å². The first kappa shape index (κ1) is 14.4. The molecule has 1 unspecified atom stereocenters. The second-order valence-corrected chi connectivity index (χ2v) is 6.32. The van der Waals surface area contributed by atoms with Gasteiger partial charge in [0.15, 0.2) is 0 Å². The fourth-order valence-electron chi connectivity index (χ4n) is 1.31. The summed E-state index contributed by atoms with van der Waals surface area (Å²) in [5.41, 5.74) is 0. The normalized spacial score (nSPS) is 13.9. The standard InChI is InChI=1S/C11H16ClNO3S/c1-9(14)7-8-13(2)17(15,16)11-6-4-3-5-10(11)12/h3-6,9,14H,7-8H2,1-2H3. The summed E-state index contributed by atoms with van der Waals surface area (Å²) >= 11 is 5.86. The molecule has 1 rings (SSSR count). The third-order valence-electron chi connectivity index (χ3n) is 2.39. The molecule has 1 N–H and O–H groups in total. The van der Waals surface area contributed by atoms with Gasteiger partial charge < -0.3 is 5.11 Å². The van der Waals surface area contributed by atoms with Crippen LogP contribution < -0.4 is 0 Å². The third kappa shape index (κ3) is 3.67. The van der Waals surface area contributed by atoms with Crippen molar-refractivity contribution >= 4 is 21.6 Å². The highest BCUT2D eigenvalue weighted by Crippen LogP contribution is 2.23. The number of nitrogens with zero attached hydrogens (tertiary/aromatic N) is 1. The van der Waals surface area contributed by atoms with Crippen molar-refractivity contribution in [3.63, 3.8) is 0 Å². The Morgan fingerprint density at radius 1 is 1.41 bits per heavy atom. The van der Waals surface area contributed by atoms with E-state index in [2.05, 4.69) is 0 Å². The van der Waals surface area contributed by atoms with Crippen molar-refractivity contribution in [2.24, 2.45) is 0 Å². The molecule has 0 bridgehead atoms. The highest BCUT2D eigenvalue weighted by atomic mass is 35.5. The summed E-state index contributed by atoms with van der Waals surface area (Å²) in [7, 11) is -2.10. The van der Waals surface area contributed by atoms with Crippen molar-refractivity contribution in [3.05, 3.63) is 29.3 Å². The first-order valence-electron chi connectivity index (χ1n) is 5.24. The Hall–Kier alpha value is -0.620. The molecule has 17 heavy (non-hydrogen) atoms. The van der Waals surface area contributed by atoms with Crippen LogP contribution in [0.5, 0.6) is 0 Å². The molecule has 0 aliphatic heterocycles. The number of sulfonamides is 1. The number of aliphatic hydroxyl groups is 1. The third-order valence-corrected chi connectivity index (χ3v) is 4.74. The summed E-state index contributed by atoms with van der Waals surface area (Å²) < 4.78 is 25.4. The largest absolute Gasteiger partial charge is 0.393 e. The van der Waals surface area contributed by atoms with Gasteiger partial charge in [-0.2, -0.15) is 0 Å². The average Bonchev–Trinajstić information content (AvgIpc) is 2.26. The lowest BCUT2D eigenvalue weighted by molar-refractivity contribution is 0.177. The highest BCUT2D eigenvalue weighted by Gasteiger charge is 2.22. The number of hydrogen-bond donors (Lipinski definition) is 1. The number of aliphatic hydroxyl groups excluding tert-OH is 1. The van der Waals surface area contributed by atoms with Crippen LogP contribution in [-0.4, -0.2) is 37.5 Å². The van der Waals surface area contributed by atoms with Crippen LogP contribution in [0.25, 0.3) is 0 Å². The molecule has 0 heterocycles. The monoisotopic (exact) mass is 277 g/mol. The molecule has 1 aromatic rings. The number of hydrogen-bond acceptors (Lipinski definition) is 3. The zero-order chi connectivity index (χ0) is 13.1. The molecule has 0 spiro atoms. The summed E-state index contributed by atoms with van der Waals surface area (Å²) in [6.07, 6.45) is -0.140. The Kier molecular flexibility index (Phi) is 4.94. The zero-order valence-electron chi connectivity index (χ0n) is 9.80. The van der Waals surface area contributed by atoms with E-state index >= 15 is 0 Å². The Labute approximate surface area is 107 Å². The minimum absolute atomic E-state index is 0.0924. The molecule has 4 nitrogen and oxygen atoms in total. The second-order valence-electron chi connectivity index (χ2n) is 3.89. The van der Waals surface area contributed by atoms with Crippen molar-refractivity contribution in [1.29, 1.82) is 0 Å². The predicted octanol–water partition coefficient (Wildman–Crippen LogP) is 1.73. The van der Waals surface area contributed by atoms with Crippen LogP contribution in [0.3, 0.4) is 0 Å². The maximum absolute atomic E-state index is 12.1. The van der Waals surface area contributed by atoms with E-state index in [1.54, 1.807) is 19.1 Å². The SMILES string of the molecule is CC(O)CCN(C)S(=O)(=O)c1ccccc1Cl. The number of halogens is 1. The van der Waals surface area contributed by atoms with Crippen molar-refractivity contribution in [2.45, 2.75) is 24.3 Å². The quantitative estimate of drug-likeness (QED) is 0.892. The van der Waals surface area contributed by atoms with Gasteiger partial charge in [0.05, 0.1) is 11.1 Å². The van der Waals surface area contributed by atoms with Gasteiger partial charge in [-0.1, -0.05) is 23.7 Å². The molecule has 0 radical (unpaired) electrons. The summed E-state index contributed by atoms with van der Waals surface area (Å²) in [4.78, 5) is 0.0924. The van der Waals surface area contributed by atoms with E-state index in [9.17, 15) is 8.42 Å². The molecular weight excluding hydrogens is 262 g/mol. The Balaban J connectivity index is 2.92. The van der Waals surface area contributed by atoms with Gasteiger partial charge in [0.25, 0.3) is 0 Å². The van der Waals surface area contributed by atoms with E-state index in [0.717, 1.165) is 0 Å². The molecule has 1 atom stereocenters. The zero-order valence-corrected chi connectivity index (χ0v) is 11.4. The van der Waals surface area contributed by atoms with Crippen LogP contribution in [0.15, 0.2) is 29.2 Å². The molecule has 0 aliphatic rings. The first-order chi connectivity index (χ1) is 7.85. The van der Waals surface area contributed by atoms with E-state index in [1.165, 1.54) is 23.5 Å². The summed E-state index contributed by atoms with van der Waals surface area (Å²) in [6.45, 7) is 1.88. The number of rotatable bonds is 5. The summed E-state index contributed by atoms with van der Waals surface area (Å²) in [5, 5.41) is 9.35. The van der Waals surface area contributed by atoms with Crippen LogP contribution in [0.4, 0.5) is 0 Å². The minimum atomic E-state index is -3.58. The van der Waals surface area contributed by atoms with Gasteiger partial charge in [0, 0.05) is 13.6 Å². The lowest BCUT2D eigenvalue weighted by Gasteiger charge is -2.18. The highest BCUT2D eigenvalue weighted by molar-refractivity contribution is 7.89. The van der Waals surface area contributed by atoms with E-state index in [-0.39, 0.29) is 16.5 Å². The van der Waals surface area contributed by atoms with Crippen molar-refractivity contribution in [2.75, 3.05) is 13.6 Å². The molecule has 0 fully saturated rings. The summed E-state index contributed by atoms with van der Waals surface area (Å²) in [5.74, 6) is 0. The number of benzene rings is 1. The Morgan fingerprint density at radius 3 is 2.53 bits per heavy atom. The van der Waals surface area contributed by atoms with Crippen LogP contribution >= 0.6 is 11.6 Å². The molecular formula is C11H16ClNO3S. The molecule has 0 aliphatic carbocycles. The van der Waals surface area contributed by atoms with Gasteiger partial charge >= 0.3 is 0 Å². The van der Waals surface area contributed by atoms with Crippen LogP contribution in [0, 0.1) is 0 Å². The maximum atomic E-state index is 12.1. The Bertz CT molecular complexity index is 473. The maximum Gasteiger partial charge on any atom is 0.244 e. The molecule has 0 saturated heterocycles. The topological polar surface area (TPSA) is 57.6 Å². The van der Waals surface area contributed by atoms with E-state index in [4.69, 9.17) is 16.7 Å². The minimum Gasteiger partial charge on any atom is -0.393 e. The van der Waals surface area contributed by atoms with Crippen LogP contribution in [-0.2, 0) is 10.0 Å². The summed E-state index contributed by atoms with van der Waals surface area (Å²) in [6, 6.07) is 6.31. The predicted molar refractivity (Wildman–Crippen MR) is 67.6 cm³/mol. The van der Waals surface area contributed by atoms with E-state index in [1.807, 2.05) is 0 Å². The van der Waals surface area contributed by atoms with Gasteiger partial charge in [-0.15, -0.1) is 0 Å². The average molecular weight is 278 g/mol. The Morgan fingerprint density at radius 2 is 2.00 bits per heavy atom. The first-order valence-corrected chi connectivity index (χ1v) is 7.06. The van der Waals surface area contributed by atoms with Gasteiger partial charge in [-0.3, -0.25) is 0 Å². The van der Waals surface area contributed by atoms with E-state index < -0.39 is 16.1 Å². The lowest BCUT2D eigenvalue weighted by Crippen LogP contribution is -2.29. The van der Waals surface area contributed by atoms with Gasteiger partial charge in [0.1, 0.15) is 4.90 Å². The van der Waals surface area contributed by atoms with Gasteiger partial charge in [-0.25, -0.2) is 12.7 Å². The molecule has 0 saturated carbocycles. The molecule has 0 aromatic heterocycles. The van der Waals surface area contributed by atoms with Gasteiger partial charge in [0.2, 0.25) is 10.0 Å².